The summed E-state index contributed by atoms with van der Waals surface area (Å²) in [6, 6.07) is 8.38. The second-order valence-corrected chi connectivity index (χ2v) is 6.33. The lowest BCUT2D eigenvalue weighted by Crippen LogP contribution is -2.23. The van der Waals surface area contributed by atoms with Crippen LogP contribution < -0.4 is 10.2 Å². The fourth-order valence-corrected chi connectivity index (χ4v) is 2.66. The number of anilines is 2. The van der Waals surface area contributed by atoms with E-state index in [-0.39, 0.29) is 11.8 Å². The molecule has 0 aliphatic heterocycles. The molecule has 0 spiro atoms. The summed E-state index contributed by atoms with van der Waals surface area (Å²) < 4.78 is 0. The van der Waals surface area contributed by atoms with Crippen molar-refractivity contribution in [2.75, 3.05) is 37.4 Å². The van der Waals surface area contributed by atoms with Gasteiger partial charge < -0.3 is 15.1 Å². The third kappa shape index (κ3) is 4.52. The molecule has 0 atom stereocenters. The first-order chi connectivity index (χ1) is 12.4. The number of nitrogens with zero attached hydrogens (tertiary/aromatic N) is 3. The fraction of sp³-hybridized carbons (Fsp3) is 0.316. The standard InChI is InChI=1S/C19H23ClN4O2/c1-5-24(6-2)17-10-7-13(12-21-17)18(25)22-14-8-9-16(20)15(11-14)19(26)23(3)4/h7-12H,5-6H2,1-4H3,(H,22,25). The number of pyridine rings is 1. The van der Waals surface area contributed by atoms with Gasteiger partial charge in [0.25, 0.3) is 11.8 Å². The van der Waals surface area contributed by atoms with Crippen molar-refractivity contribution in [1.82, 2.24) is 9.88 Å². The molecule has 0 unspecified atom stereocenters. The summed E-state index contributed by atoms with van der Waals surface area (Å²) in [5.41, 5.74) is 1.28. The monoisotopic (exact) mass is 374 g/mol. The van der Waals surface area contributed by atoms with Gasteiger partial charge in [0.1, 0.15) is 5.82 Å². The lowest BCUT2D eigenvalue weighted by Gasteiger charge is -2.19. The van der Waals surface area contributed by atoms with E-state index in [1.807, 2.05) is 6.07 Å². The number of benzene rings is 1. The van der Waals surface area contributed by atoms with E-state index in [4.69, 9.17) is 11.6 Å². The summed E-state index contributed by atoms with van der Waals surface area (Å²) >= 11 is 6.09. The molecule has 1 heterocycles. The van der Waals surface area contributed by atoms with Gasteiger partial charge in [-0.1, -0.05) is 11.6 Å². The second-order valence-electron chi connectivity index (χ2n) is 5.93. The van der Waals surface area contributed by atoms with E-state index in [1.54, 1.807) is 44.6 Å². The zero-order valence-electron chi connectivity index (χ0n) is 15.4. The SMILES string of the molecule is CCN(CC)c1ccc(C(=O)Nc2ccc(Cl)c(C(=O)N(C)C)c2)cn1. The van der Waals surface area contributed by atoms with Crippen molar-refractivity contribution in [1.29, 1.82) is 0 Å². The first-order valence-corrected chi connectivity index (χ1v) is 8.78. The van der Waals surface area contributed by atoms with Crippen molar-refractivity contribution < 1.29 is 9.59 Å². The van der Waals surface area contributed by atoms with Gasteiger partial charge in [0.15, 0.2) is 0 Å². The van der Waals surface area contributed by atoms with Gasteiger partial charge in [0.2, 0.25) is 0 Å². The van der Waals surface area contributed by atoms with Crippen LogP contribution in [0, 0.1) is 0 Å². The number of nitrogens with one attached hydrogen (secondary N) is 1. The maximum Gasteiger partial charge on any atom is 0.257 e. The number of halogens is 1. The van der Waals surface area contributed by atoms with Crippen molar-refractivity contribution in [3.05, 3.63) is 52.7 Å². The number of amides is 2. The number of hydrogen-bond donors (Lipinski definition) is 1. The molecule has 2 aromatic rings. The molecule has 0 saturated heterocycles. The number of aromatic nitrogens is 1. The Balaban J connectivity index is 2.17. The number of rotatable bonds is 6. The van der Waals surface area contributed by atoms with Gasteiger partial charge in [-0.15, -0.1) is 0 Å². The van der Waals surface area contributed by atoms with Crippen LogP contribution in [0.5, 0.6) is 0 Å². The molecule has 2 rings (SSSR count). The van der Waals surface area contributed by atoms with Gasteiger partial charge >= 0.3 is 0 Å². The molecule has 26 heavy (non-hydrogen) atoms. The molecule has 1 N–H and O–H groups in total. The lowest BCUT2D eigenvalue weighted by molar-refractivity contribution is 0.0827. The van der Waals surface area contributed by atoms with E-state index < -0.39 is 0 Å². The predicted octanol–water partition coefficient (Wildman–Crippen LogP) is 3.54. The van der Waals surface area contributed by atoms with Crippen LogP contribution in [0.25, 0.3) is 0 Å². The Morgan fingerprint density at radius 2 is 1.81 bits per heavy atom. The molecule has 2 amide bonds. The summed E-state index contributed by atoms with van der Waals surface area (Å²) in [5.74, 6) is 0.308. The molecule has 138 valence electrons. The quantitative estimate of drug-likeness (QED) is 0.839. The van der Waals surface area contributed by atoms with Crippen LogP contribution in [0.1, 0.15) is 34.6 Å². The molecule has 0 aliphatic carbocycles. The minimum Gasteiger partial charge on any atom is -0.357 e. The van der Waals surface area contributed by atoms with E-state index in [9.17, 15) is 9.59 Å². The first kappa shape index (κ1) is 19.7. The smallest absolute Gasteiger partial charge is 0.257 e. The van der Waals surface area contributed by atoms with E-state index in [2.05, 4.69) is 29.0 Å². The second kappa shape index (κ2) is 8.67. The molecule has 0 fully saturated rings. The van der Waals surface area contributed by atoms with Crippen LogP contribution in [-0.4, -0.2) is 48.9 Å². The Labute approximate surface area is 158 Å². The highest BCUT2D eigenvalue weighted by Crippen LogP contribution is 2.22. The van der Waals surface area contributed by atoms with Gasteiger partial charge in [0.05, 0.1) is 16.1 Å². The van der Waals surface area contributed by atoms with Gasteiger partial charge in [-0.2, -0.15) is 0 Å². The molecule has 0 bridgehead atoms. The molecule has 0 saturated carbocycles. The van der Waals surface area contributed by atoms with Crippen molar-refractivity contribution in [2.45, 2.75) is 13.8 Å². The largest absolute Gasteiger partial charge is 0.357 e. The lowest BCUT2D eigenvalue weighted by atomic mass is 10.1. The van der Waals surface area contributed by atoms with E-state index in [0.717, 1.165) is 18.9 Å². The highest BCUT2D eigenvalue weighted by atomic mass is 35.5. The summed E-state index contributed by atoms with van der Waals surface area (Å²) in [7, 11) is 3.29. The Kier molecular flexibility index (Phi) is 6.58. The van der Waals surface area contributed by atoms with E-state index in [1.165, 1.54) is 4.90 Å². The fourth-order valence-electron chi connectivity index (χ4n) is 2.47. The molecule has 1 aromatic carbocycles. The van der Waals surface area contributed by atoms with Crippen molar-refractivity contribution >= 4 is 34.9 Å². The topological polar surface area (TPSA) is 65.5 Å². The Bertz CT molecular complexity index is 787. The summed E-state index contributed by atoms with van der Waals surface area (Å²) in [5, 5.41) is 3.11. The average Bonchev–Trinajstić information content (AvgIpc) is 2.64. The van der Waals surface area contributed by atoms with Gasteiger partial charge in [0, 0.05) is 39.1 Å². The zero-order valence-corrected chi connectivity index (χ0v) is 16.2. The highest BCUT2D eigenvalue weighted by Gasteiger charge is 2.15. The summed E-state index contributed by atoms with van der Waals surface area (Å²) in [4.78, 5) is 32.5. The minimum absolute atomic E-state index is 0.226. The third-order valence-corrected chi connectivity index (χ3v) is 4.29. The molecule has 1 aromatic heterocycles. The first-order valence-electron chi connectivity index (χ1n) is 8.40. The molecule has 7 heteroatoms. The van der Waals surface area contributed by atoms with Crippen LogP contribution in [0.2, 0.25) is 5.02 Å². The summed E-state index contributed by atoms with van der Waals surface area (Å²) in [6.45, 7) is 5.81. The minimum atomic E-state index is -0.297. The van der Waals surface area contributed by atoms with Crippen molar-refractivity contribution in [2.24, 2.45) is 0 Å². The summed E-state index contributed by atoms with van der Waals surface area (Å²) in [6.07, 6.45) is 1.55. The van der Waals surface area contributed by atoms with Crippen LogP contribution in [-0.2, 0) is 0 Å². The maximum absolute atomic E-state index is 12.4. The molecule has 0 radical (unpaired) electrons. The average molecular weight is 375 g/mol. The normalized spacial score (nSPS) is 10.3. The number of carbonyl (C=O) groups excluding carboxylic acids is 2. The Morgan fingerprint density at radius 3 is 2.35 bits per heavy atom. The Morgan fingerprint density at radius 1 is 1.12 bits per heavy atom. The highest BCUT2D eigenvalue weighted by molar-refractivity contribution is 6.34. The molecular formula is C19H23ClN4O2. The van der Waals surface area contributed by atoms with Crippen LogP contribution in [0.3, 0.4) is 0 Å². The maximum atomic E-state index is 12.4. The molecular weight excluding hydrogens is 352 g/mol. The zero-order chi connectivity index (χ0) is 19.3. The van der Waals surface area contributed by atoms with Crippen LogP contribution in [0.15, 0.2) is 36.5 Å². The molecule has 0 aliphatic rings. The van der Waals surface area contributed by atoms with Crippen LogP contribution in [0.4, 0.5) is 11.5 Å². The van der Waals surface area contributed by atoms with E-state index in [0.29, 0.717) is 21.8 Å². The van der Waals surface area contributed by atoms with Gasteiger partial charge in [-0.25, -0.2) is 4.98 Å². The van der Waals surface area contributed by atoms with Crippen molar-refractivity contribution in [3.8, 4) is 0 Å². The Hall–Kier alpha value is -2.60. The van der Waals surface area contributed by atoms with Gasteiger partial charge in [-0.3, -0.25) is 9.59 Å². The third-order valence-electron chi connectivity index (χ3n) is 3.96. The predicted molar refractivity (Wildman–Crippen MR) is 105 cm³/mol. The number of carbonyl (C=O) groups is 2. The van der Waals surface area contributed by atoms with Crippen molar-refractivity contribution in [3.63, 3.8) is 0 Å². The molecule has 6 nitrogen and oxygen atoms in total. The van der Waals surface area contributed by atoms with E-state index >= 15 is 0 Å². The number of hydrogen-bond acceptors (Lipinski definition) is 4. The van der Waals surface area contributed by atoms with Gasteiger partial charge in [-0.05, 0) is 44.2 Å². The van der Waals surface area contributed by atoms with Crippen LogP contribution >= 0.6 is 11.6 Å².